The number of nitrogens with one attached hydrogen (secondary N) is 1. The number of nitriles is 1. The van der Waals surface area contributed by atoms with Gasteiger partial charge in [-0.3, -0.25) is 14.9 Å². The van der Waals surface area contributed by atoms with E-state index in [0.29, 0.717) is 24.8 Å². The number of unbranched alkanes of at least 4 members (excludes halogenated alkanes) is 1. The molecular weight excluding hydrogens is 284 g/mol. The zero-order valence-corrected chi connectivity index (χ0v) is 12.3. The molecule has 0 radical (unpaired) electrons. The molecule has 0 bridgehead atoms. The summed E-state index contributed by atoms with van der Waals surface area (Å²) < 4.78 is 0. The van der Waals surface area contributed by atoms with Crippen molar-refractivity contribution in [3.8, 4) is 6.07 Å². The molecule has 1 aromatic rings. The van der Waals surface area contributed by atoms with Gasteiger partial charge in [0.25, 0.3) is 0 Å². The van der Waals surface area contributed by atoms with Gasteiger partial charge in [0, 0.05) is 12.8 Å². The molecule has 22 heavy (non-hydrogen) atoms. The third-order valence-electron chi connectivity index (χ3n) is 3.36. The fourth-order valence-electron chi connectivity index (χ4n) is 2.08. The molecule has 118 valence electrons. The Morgan fingerprint density at radius 2 is 2.09 bits per heavy atom. The highest BCUT2D eigenvalue weighted by Gasteiger charge is 2.25. The van der Waals surface area contributed by atoms with Crippen LogP contribution in [-0.4, -0.2) is 34.7 Å². The van der Waals surface area contributed by atoms with Crippen LogP contribution in [0.3, 0.4) is 0 Å². The molecule has 0 fully saturated rings. The Balaban J connectivity index is 2.33. The van der Waals surface area contributed by atoms with E-state index in [4.69, 9.17) is 10.4 Å². The summed E-state index contributed by atoms with van der Waals surface area (Å²) in [5, 5.41) is 30.1. The summed E-state index contributed by atoms with van der Waals surface area (Å²) in [5.41, 5.74) is -0.161. The average molecular weight is 304 g/mol. The van der Waals surface area contributed by atoms with Crippen LogP contribution in [-0.2, 0) is 16.0 Å². The summed E-state index contributed by atoms with van der Waals surface area (Å²) >= 11 is 0. The van der Waals surface area contributed by atoms with E-state index in [9.17, 15) is 14.7 Å². The van der Waals surface area contributed by atoms with Gasteiger partial charge >= 0.3 is 5.97 Å². The molecule has 0 amide bonds. The molecule has 3 N–H and O–H groups in total. The number of aldehydes is 1. The first-order chi connectivity index (χ1) is 10.5. The largest absolute Gasteiger partial charge is 0.481 e. The zero-order valence-electron chi connectivity index (χ0n) is 12.3. The highest BCUT2D eigenvalue weighted by atomic mass is 16.4. The van der Waals surface area contributed by atoms with Gasteiger partial charge in [0.1, 0.15) is 0 Å². The number of nitrogens with zero attached hydrogens (tertiary/aromatic N) is 1. The van der Waals surface area contributed by atoms with Crippen molar-refractivity contribution in [2.24, 2.45) is 0 Å². The Kier molecular flexibility index (Phi) is 7.23. The predicted molar refractivity (Wildman–Crippen MR) is 80.0 cm³/mol. The predicted octanol–water partition coefficient (Wildman–Crippen LogP) is 1.22. The number of hydrogen-bond donors (Lipinski definition) is 3. The van der Waals surface area contributed by atoms with Crippen LogP contribution in [0.25, 0.3) is 0 Å². The van der Waals surface area contributed by atoms with E-state index in [0.717, 1.165) is 18.4 Å². The topological polar surface area (TPSA) is 110 Å². The number of carbonyl (C=O) groups is 2. The number of aliphatic carboxylic acids is 1. The highest BCUT2D eigenvalue weighted by Crippen LogP contribution is 2.11. The maximum absolute atomic E-state index is 10.9. The van der Waals surface area contributed by atoms with Gasteiger partial charge in [-0.2, -0.15) is 5.26 Å². The van der Waals surface area contributed by atoms with Gasteiger partial charge in [0.2, 0.25) is 0 Å². The zero-order chi connectivity index (χ0) is 16.4. The van der Waals surface area contributed by atoms with E-state index in [1.54, 1.807) is 6.07 Å². The summed E-state index contributed by atoms with van der Waals surface area (Å²) in [5.74, 6) is -1.06. The average Bonchev–Trinajstić information content (AvgIpc) is 2.53. The minimum Gasteiger partial charge on any atom is -0.481 e. The van der Waals surface area contributed by atoms with Crippen molar-refractivity contribution in [2.75, 3.05) is 6.54 Å². The number of hydrogen-bond acceptors (Lipinski definition) is 5. The van der Waals surface area contributed by atoms with Crippen LogP contribution in [0.1, 0.15) is 36.8 Å². The molecule has 6 nitrogen and oxygen atoms in total. The fourth-order valence-corrected chi connectivity index (χ4v) is 2.08. The molecule has 0 saturated heterocycles. The molecule has 0 saturated carbocycles. The molecule has 0 aliphatic carbocycles. The van der Waals surface area contributed by atoms with E-state index in [2.05, 4.69) is 11.4 Å². The second-order valence-electron chi connectivity index (χ2n) is 5.09. The molecule has 0 spiro atoms. The lowest BCUT2D eigenvalue weighted by atomic mass is 10.0. The first-order valence-electron chi connectivity index (χ1n) is 7.14. The third-order valence-corrected chi connectivity index (χ3v) is 3.36. The van der Waals surface area contributed by atoms with Crippen LogP contribution >= 0.6 is 0 Å². The molecule has 1 rings (SSSR count). The molecule has 1 aromatic carbocycles. The van der Waals surface area contributed by atoms with Gasteiger partial charge in [-0.1, -0.05) is 18.2 Å². The van der Waals surface area contributed by atoms with Crippen molar-refractivity contribution in [2.45, 2.75) is 37.8 Å². The molecule has 0 unspecified atom stereocenters. The SMILES string of the molecule is N#Cc1ccccc1CCCCN[C@](O)(C=O)CCC(=O)O. The van der Waals surface area contributed by atoms with Gasteiger partial charge in [-0.15, -0.1) is 0 Å². The molecule has 0 aliphatic rings. The lowest BCUT2D eigenvalue weighted by Gasteiger charge is -2.22. The van der Waals surface area contributed by atoms with Gasteiger partial charge in [-0.05, 0) is 37.4 Å². The van der Waals surface area contributed by atoms with Crippen LogP contribution in [0.2, 0.25) is 0 Å². The van der Waals surface area contributed by atoms with Gasteiger partial charge in [0.15, 0.2) is 12.0 Å². The highest BCUT2D eigenvalue weighted by molar-refractivity contribution is 5.69. The Bertz CT molecular complexity index is 553. The van der Waals surface area contributed by atoms with E-state index in [1.807, 2.05) is 18.2 Å². The molecule has 0 aliphatic heterocycles. The first kappa shape index (κ1) is 17.8. The number of carbonyl (C=O) groups excluding carboxylic acids is 1. The van der Waals surface area contributed by atoms with Crippen molar-refractivity contribution in [1.29, 1.82) is 5.26 Å². The summed E-state index contributed by atoms with van der Waals surface area (Å²) in [6.45, 7) is 0.392. The van der Waals surface area contributed by atoms with Crippen molar-refractivity contribution in [3.63, 3.8) is 0 Å². The van der Waals surface area contributed by atoms with Crippen molar-refractivity contribution >= 4 is 12.3 Å². The number of aryl methyl sites for hydroxylation is 1. The second-order valence-corrected chi connectivity index (χ2v) is 5.09. The standard InChI is InChI=1S/C16H20N2O4/c17-11-14-7-2-1-5-13(14)6-3-4-10-18-16(22,12-19)9-8-15(20)21/h1-2,5,7,12,18,22H,3-4,6,8-10H2,(H,20,21)/t16-/m1/s1. The van der Waals surface area contributed by atoms with Crippen molar-refractivity contribution < 1.29 is 19.8 Å². The number of aliphatic hydroxyl groups is 1. The molecular formula is C16H20N2O4. The maximum atomic E-state index is 10.9. The fraction of sp³-hybridized carbons (Fsp3) is 0.438. The number of benzene rings is 1. The van der Waals surface area contributed by atoms with Gasteiger partial charge < -0.3 is 10.2 Å². The second kappa shape index (κ2) is 8.93. The molecule has 0 heterocycles. The van der Waals surface area contributed by atoms with Gasteiger partial charge in [-0.25, -0.2) is 0 Å². The molecule has 1 atom stereocenters. The van der Waals surface area contributed by atoms with Gasteiger partial charge in [0.05, 0.1) is 11.6 Å². The smallest absolute Gasteiger partial charge is 0.303 e. The van der Waals surface area contributed by atoms with Crippen LogP contribution < -0.4 is 5.32 Å². The normalized spacial score (nSPS) is 13.1. The minimum absolute atomic E-state index is 0.164. The lowest BCUT2D eigenvalue weighted by Crippen LogP contribution is -2.47. The summed E-state index contributed by atoms with van der Waals surface area (Å²) in [7, 11) is 0. The third kappa shape index (κ3) is 6.04. The number of carboxylic acids is 1. The van der Waals surface area contributed by atoms with Crippen LogP contribution in [0.15, 0.2) is 24.3 Å². The number of carboxylic acid groups (broad SMARTS) is 1. The van der Waals surface area contributed by atoms with Crippen molar-refractivity contribution in [3.05, 3.63) is 35.4 Å². The van der Waals surface area contributed by atoms with E-state index in [-0.39, 0.29) is 12.8 Å². The summed E-state index contributed by atoms with van der Waals surface area (Å²) in [6, 6.07) is 9.51. The monoisotopic (exact) mass is 304 g/mol. The van der Waals surface area contributed by atoms with Crippen LogP contribution in [0, 0.1) is 11.3 Å². The molecule has 6 heteroatoms. The minimum atomic E-state index is -1.79. The van der Waals surface area contributed by atoms with E-state index >= 15 is 0 Å². The summed E-state index contributed by atoms with van der Waals surface area (Å²) in [6.07, 6.45) is 2.12. The Hall–Kier alpha value is -2.23. The molecule has 0 aromatic heterocycles. The van der Waals surface area contributed by atoms with Crippen molar-refractivity contribution in [1.82, 2.24) is 5.32 Å². The Morgan fingerprint density at radius 1 is 1.36 bits per heavy atom. The van der Waals surface area contributed by atoms with E-state index in [1.165, 1.54) is 0 Å². The Morgan fingerprint density at radius 3 is 2.73 bits per heavy atom. The summed E-state index contributed by atoms with van der Waals surface area (Å²) in [4.78, 5) is 21.3. The maximum Gasteiger partial charge on any atom is 0.303 e. The first-order valence-corrected chi connectivity index (χ1v) is 7.14. The number of rotatable bonds is 10. The Labute approximate surface area is 129 Å². The quantitative estimate of drug-likeness (QED) is 0.340. The van der Waals surface area contributed by atoms with Crippen LogP contribution in [0.4, 0.5) is 0 Å². The van der Waals surface area contributed by atoms with E-state index < -0.39 is 11.7 Å². The van der Waals surface area contributed by atoms with Crippen LogP contribution in [0.5, 0.6) is 0 Å². The lowest BCUT2D eigenvalue weighted by molar-refractivity contribution is -0.140.